The standard InChI is InChI=1S/C31H52F3N7OS/c1-29(2)18-22-6-4-5-15-39(3)25-10-8-24(20-35-25)43-36-19-23-7-9-26(37-28(23)40(29)21-22)41-16-11-27(38-41)42-17-14-30(12-13-30)31(32,33)34/h11,16,22-26,28,35-37H,4-10,12-15,17-21H2,1-3H3. The van der Waals surface area contributed by atoms with E-state index in [2.05, 4.69) is 51.1 Å². The van der Waals surface area contributed by atoms with Crippen LogP contribution in [-0.4, -0.2) is 88.7 Å². The monoisotopic (exact) mass is 627 g/mol. The van der Waals surface area contributed by atoms with Gasteiger partial charge in [0.2, 0.25) is 5.88 Å². The molecule has 7 unspecified atom stereocenters. The third-order valence-electron chi connectivity index (χ3n) is 11.0. The lowest BCUT2D eigenvalue weighted by atomic mass is 9.90. The van der Waals surface area contributed by atoms with Crippen molar-refractivity contribution in [1.29, 1.82) is 0 Å². The molecule has 6 fully saturated rings. The van der Waals surface area contributed by atoms with Crippen molar-refractivity contribution in [3.05, 3.63) is 12.3 Å². The quantitative estimate of drug-likeness (QED) is 0.378. The molecule has 1 aliphatic carbocycles. The van der Waals surface area contributed by atoms with Crippen LogP contribution in [-0.2, 0) is 0 Å². The second kappa shape index (κ2) is 13.0. The van der Waals surface area contributed by atoms with Crippen molar-refractivity contribution in [2.75, 3.05) is 39.8 Å². The number of piperidine rings is 2. The Morgan fingerprint density at radius 2 is 1.88 bits per heavy atom. The summed E-state index contributed by atoms with van der Waals surface area (Å²) in [4.78, 5) is 5.25. The van der Waals surface area contributed by atoms with Gasteiger partial charge in [-0.2, -0.15) is 13.2 Å². The van der Waals surface area contributed by atoms with E-state index < -0.39 is 11.6 Å². The van der Waals surface area contributed by atoms with Crippen LogP contribution in [0.25, 0.3) is 0 Å². The molecule has 0 radical (unpaired) electrons. The predicted octanol–water partition coefficient (Wildman–Crippen LogP) is 5.35. The molecule has 244 valence electrons. The van der Waals surface area contributed by atoms with Crippen LogP contribution < -0.4 is 20.1 Å². The lowest BCUT2D eigenvalue weighted by molar-refractivity contribution is -0.190. The van der Waals surface area contributed by atoms with Crippen LogP contribution in [0.5, 0.6) is 5.88 Å². The topological polar surface area (TPSA) is 69.6 Å². The Hall–Kier alpha value is -1.05. The van der Waals surface area contributed by atoms with Crippen molar-refractivity contribution in [1.82, 2.24) is 34.9 Å². The summed E-state index contributed by atoms with van der Waals surface area (Å²) in [6.45, 7) is 9.12. The molecule has 5 aliphatic heterocycles. The van der Waals surface area contributed by atoms with Gasteiger partial charge in [-0.1, -0.05) is 18.4 Å². The van der Waals surface area contributed by atoms with Crippen LogP contribution >= 0.6 is 11.9 Å². The molecule has 8 nitrogen and oxygen atoms in total. The van der Waals surface area contributed by atoms with Gasteiger partial charge < -0.3 is 10.1 Å². The van der Waals surface area contributed by atoms with Gasteiger partial charge in [0.25, 0.3) is 0 Å². The average Bonchev–Trinajstić information content (AvgIpc) is 3.52. The van der Waals surface area contributed by atoms with Gasteiger partial charge in [-0.25, -0.2) is 0 Å². The molecule has 7 atom stereocenters. The summed E-state index contributed by atoms with van der Waals surface area (Å²) in [5.74, 6) is 1.58. The first-order chi connectivity index (χ1) is 20.5. The minimum absolute atomic E-state index is 0.000779. The molecule has 4 bridgehead atoms. The minimum atomic E-state index is -4.15. The Morgan fingerprint density at radius 3 is 2.63 bits per heavy atom. The molecule has 6 heterocycles. The van der Waals surface area contributed by atoms with E-state index >= 15 is 0 Å². The molecule has 1 aromatic heterocycles. The second-order valence-electron chi connectivity index (χ2n) is 14.6. The first kappa shape index (κ1) is 31.9. The molecular formula is C31H52F3N7OS. The van der Waals surface area contributed by atoms with Gasteiger partial charge in [0.15, 0.2) is 0 Å². The summed E-state index contributed by atoms with van der Waals surface area (Å²) in [5.41, 5.74) is -1.44. The zero-order valence-electron chi connectivity index (χ0n) is 26.2. The summed E-state index contributed by atoms with van der Waals surface area (Å²) in [7, 11) is 2.27. The fourth-order valence-corrected chi connectivity index (χ4v) is 9.05. The average molecular weight is 628 g/mol. The molecule has 0 aromatic carbocycles. The van der Waals surface area contributed by atoms with Crippen molar-refractivity contribution in [2.45, 2.75) is 120 Å². The van der Waals surface area contributed by atoms with E-state index in [1.54, 1.807) is 6.07 Å². The number of hydrogen-bond donors (Lipinski definition) is 3. The van der Waals surface area contributed by atoms with Gasteiger partial charge in [0.05, 0.1) is 24.4 Å². The summed E-state index contributed by atoms with van der Waals surface area (Å²) in [6.07, 6.45) is 8.39. The molecule has 7 rings (SSSR count). The van der Waals surface area contributed by atoms with E-state index in [1.807, 2.05) is 22.8 Å². The minimum Gasteiger partial charge on any atom is -0.477 e. The van der Waals surface area contributed by atoms with E-state index in [1.165, 1.54) is 38.5 Å². The molecule has 12 heteroatoms. The SMILES string of the molecule is CN1CCCCC2CN(C3NC(n4ccc(OCCC5(C(F)(F)F)CC5)n4)CCC3CNSC3CCC1NC3)C(C)(C)C2. The highest BCUT2D eigenvalue weighted by molar-refractivity contribution is 7.98. The Morgan fingerprint density at radius 1 is 1.07 bits per heavy atom. The maximum Gasteiger partial charge on any atom is 0.394 e. The summed E-state index contributed by atoms with van der Waals surface area (Å²) in [6, 6.07) is 1.79. The van der Waals surface area contributed by atoms with Crippen molar-refractivity contribution >= 4 is 11.9 Å². The number of nitrogens with one attached hydrogen (secondary N) is 3. The molecule has 5 saturated heterocycles. The molecule has 0 spiro atoms. The normalized spacial score (nSPS) is 37.0. The fraction of sp³-hybridized carbons (Fsp3) is 0.903. The van der Waals surface area contributed by atoms with Gasteiger partial charge in [0, 0.05) is 48.6 Å². The smallest absolute Gasteiger partial charge is 0.394 e. The van der Waals surface area contributed by atoms with Gasteiger partial charge >= 0.3 is 6.18 Å². The first-order valence-electron chi connectivity index (χ1n) is 16.6. The van der Waals surface area contributed by atoms with E-state index in [9.17, 15) is 13.2 Å². The number of rotatable bonds is 5. The number of ether oxygens (including phenoxy) is 1. The van der Waals surface area contributed by atoms with Gasteiger partial charge in [-0.05, 0) is 97.6 Å². The van der Waals surface area contributed by atoms with Crippen molar-refractivity contribution < 1.29 is 17.9 Å². The van der Waals surface area contributed by atoms with Gasteiger partial charge in [0.1, 0.15) is 6.17 Å². The van der Waals surface area contributed by atoms with Crippen molar-refractivity contribution in [3.63, 3.8) is 0 Å². The number of nitrogens with zero attached hydrogens (tertiary/aromatic N) is 4. The largest absolute Gasteiger partial charge is 0.477 e. The van der Waals surface area contributed by atoms with E-state index in [-0.39, 0.29) is 43.7 Å². The maximum absolute atomic E-state index is 13.3. The maximum atomic E-state index is 13.3. The second-order valence-corrected chi connectivity index (χ2v) is 15.8. The molecular weight excluding hydrogens is 575 g/mol. The Kier molecular flexibility index (Phi) is 9.64. The fourth-order valence-electron chi connectivity index (χ4n) is 8.07. The molecule has 43 heavy (non-hydrogen) atoms. The van der Waals surface area contributed by atoms with Crippen LogP contribution in [0.4, 0.5) is 13.2 Å². The molecule has 0 amide bonds. The number of halogens is 3. The van der Waals surface area contributed by atoms with Crippen LogP contribution in [0.15, 0.2) is 12.3 Å². The lowest BCUT2D eigenvalue weighted by Crippen LogP contribution is -2.60. The van der Waals surface area contributed by atoms with Crippen LogP contribution in [0.1, 0.15) is 90.6 Å². The molecule has 3 N–H and O–H groups in total. The van der Waals surface area contributed by atoms with E-state index in [0.29, 0.717) is 29.1 Å². The Labute approximate surface area is 259 Å². The number of fused-ring (bicyclic) bond motifs is 8. The van der Waals surface area contributed by atoms with Gasteiger partial charge in [-0.15, -0.1) is 5.10 Å². The molecule has 1 aromatic rings. The number of hydrogen-bond acceptors (Lipinski definition) is 8. The first-order valence-corrected chi connectivity index (χ1v) is 17.5. The van der Waals surface area contributed by atoms with E-state index in [0.717, 1.165) is 39.0 Å². The highest BCUT2D eigenvalue weighted by Crippen LogP contribution is 2.59. The Balaban J connectivity index is 1.11. The van der Waals surface area contributed by atoms with Crippen LogP contribution in [0.3, 0.4) is 0 Å². The predicted molar refractivity (Wildman–Crippen MR) is 165 cm³/mol. The highest BCUT2D eigenvalue weighted by atomic mass is 32.2. The summed E-state index contributed by atoms with van der Waals surface area (Å²) >= 11 is 1.91. The third kappa shape index (κ3) is 7.35. The van der Waals surface area contributed by atoms with Crippen molar-refractivity contribution in [2.24, 2.45) is 17.3 Å². The summed E-state index contributed by atoms with van der Waals surface area (Å²) < 4.78 is 51.4. The van der Waals surface area contributed by atoms with Crippen molar-refractivity contribution in [3.8, 4) is 5.88 Å². The van der Waals surface area contributed by atoms with Crippen LogP contribution in [0.2, 0.25) is 0 Å². The van der Waals surface area contributed by atoms with Gasteiger partial charge in [-0.3, -0.25) is 24.5 Å². The lowest BCUT2D eigenvalue weighted by Gasteiger charge is -2.47. The summed E-state index contributed by atoms with van der Waals surface area (Å²) in [5, 5.41) is 13.0. The van der Waals surface area contributed by atoms with E-state index in [4.69, 9.17) is 4.74 Å². The number of aromatic nitrogens is 2. The molecule has 1 saturated carbocycles. The third-order valence-corrected chi connectivity index (χ3v) is 12.1. The highest BCUT2D eigenvalue weighted by Gasteiger charge is 2.62. The molecule has 6 aliphatic rings. The Bertz CT molecular complexity index is 1060. The zero-order valence-corrected chi connectivity index (χ0v) is 27.0. The van der Waals surface area contributed by atoms with Crippen LogP contribution in [0, 0.1) is 17.3 Å². The number of alkyl halides is 3. The zero-order chi connectivity index (χ0) is 30.2.